The highest BCUT2D eigenvalue weighted by Crippen LogP contribution is 2.36. The van der Waals surface area contributed by atoms with E-state index in [4.69, 9.17) is 11.6 Å². The number of rotatable bonds is 2. The fourth-order valence-electron chi connectivity index (χ4n) is 2.00. The second kappa shape index (κ2) is 6.43. The molecular formula is C17H16ClF3N2O. The number of aromatic nitrogens is 1. The fraction of sp³-hybridized carbons (Fsp3) is 0.294. The molecule has 1 aromatic carbocycles. The van der Waals surface area contributed by atoms with Crippen LogP contribution in [0.25, 0.3) is 0 Å². The molecule has 0 aliphatic carbocycles. The molecule has 2 aromatic rings. The summed E-state index contributed by atoms with van der Waals surface area (Å²) in [6.07, 6.45) is -3.19. The van der Waals surface area contributed by atoms with Crippen LogP contribution >= 0.6 is 11.6 Å². The van der Waals surface area contributed by atoms with Crippen LogP contribution in [0.1, 0.15) is 42.4 Å². The van der Waals surface area contributed by atoms with Gasteiger partial charge in [0.15, 0.2) is 0 Å². The van der Waals surface area contributed by atoms with Gasteiger partial charge in [-0.25, -0.2) is 0 Å². The lowest BCUT2D eigenvalue weighted by Gasteiger charge is -2.17. The molecule has 7 heteroatoms. The minimum Gasteiger partial charge on any atom is -0.322 e. The standard InChI is InChI=1S/C17H16ClF3N2O/c1-16(2,3)14-7-4-10(9-22-14)15(24)23-11-5-6-13(18)12(8-11)17(19,20)21/h4-9H,1-3H3,(H,23,24). The normalized spacial score (nSPS) is 12.1. The largest absolute Gasteiger partial charge is 0.417 e. The van der Waals surface area contributed by atoms with Crippen LogP contribution in [0.3, 0.4) is 0 Å². The molecule has 1 aromatic heterocycles. The smallest absolute Gasteiger partial charge is 0.322 e. The second-order valence-electron chi connectivity index (χ2n) is 6.33. The Hall–Kier alpha value is -2.08. The number of hydrogen-bond donors (Lipinski definition) is 1. The van der Waals surface area contributed by atoms with Gasteiger partial charge in [-0.3, -0.25) is 9.78 Å². The van der Waals surface area contributed by atoms with E-state index >= 15 is 0 Å². The van der Waals surface area contributed by atoms with Gasteiger partial charge in [0.1, 0.15) is 0 Å². The Morgan fingerprint density at radius 2 is 1.79 bits per heavy atom. The first kappa shape index (κ1) is 18.3. The third-order valence-electron chi connectivity index (χ3n) is 3.32. The van der Waals surface area contributed by atoms with Gasteiger partial charge in [-0.15, -0.1) is 0 Å². The topological polar surface area (TPSA) is 42.0 Å². The highest BCUT2D eigenvalue weighted by molar-refractivity contribution is 6.31. The molecule has 0 unspecified atom stereocenters. The zero-order chi connectivity index (χ0) is 18.1. The summed E-state index contributed by atoms with van der Waals surface area (Å²) in [6.45, 7) is 5.96. The number of carbonyl (C=O) groups is 1. The van der Waals surface area contributed by atoms with E-state index in [-0.39, 0.29) is 16.7 Å². The van der Waals surface area contributed by atoms with Crippen molar-refractivity contribution in [3.63, 3.8) is 0 Å². The number of nitrogens with one attached hydrogen (secondary N) is 1. The van der Waals surface area contributed by atoms with E-state index in [9.17, 15) is 18.0 Å². The summed E-state index contributed by atoms with van der Waals surface area (Å²) in [7, 11) is 0. The number of carbonyl (C=O) groups excluding carboxylic acids is 1. The van der Waals surface area contributed by atoms with Gasteiger partial charge in [0.25, 0.3) is 5.91 Å². The molecule has 0 saturated heterocycles. The maximum Gasteiger partial charge on any atom is 0.417 e. The van der Waals surface area contributed by atoms with Gasteiger partial charge in [-0.1, -0.05) is 32.4 Å². The fourth-order valence-corrected chi connectivity index (χ4v) is 2.22. The summed E-state index contributed by atoms with van der Waals surface area (Å²) >= 11 is 5.55. The minimum atomic E-state index is -4.59. The molecule has 24 heavy (non-hydrogen) atoms. The predicted octanol–water partition coefficient (Wildman–Crippen LogP) is 5.30. The lowest BCUT2D eigenvalue weighted by molar-refractivity contribution is -0.137. The van der Waals surface area contributed by atoms with Crippen LogP contribution < -0.4 is 5.32 Å². The number of hydrogen-bond acceptors (Lipinski definition) is 2. The van der Waals surface area contributed by atoms with E-state index in [0.717, 1.165) is 17.8 Å². The van der Waals surface area contributed by atoms with Crippen molar-refractivity contribution in [1.29, 1.82) is 0 Å². The Bertz CT molecular complexity index is 750. The lowest BCUT2D eigenvalue weighted by atomic mass is 9.91. The van der Waals surface area contributed by atoms with Gasteiger partial charge < -0.3 is 5.32 Å². The number of anilines is 1. The van der Waals surface area contributed by atoms with E-state index in [1.54, 1.807) is 12.1 Å². The Labute approximate surface area is 142 Å². The average molecular weight is 357 g/mol. The zero-order valence-corrected chi connectivity index (χ0v) is 14.1. The maximum absolute atomic E-state index is 12.8. The van der Waals surface area contributed by atoms with E-state index in [2.05, 4.69) is 10.3 Å². The molecule has 0 bridgehead atoms. The number of nitrogens with zero attached hydrogens (tertiary/aromatic N) is 1. The summed E-state index contributed by atoms with van der Waals surface area (Å²) in [5, 5.41) is 2.00. The first-order chi connectivity index (χ1) is 11.0. The van der Waals surface area contributed by atoms with Crippen LogP contribution in [0.2, 0.25) is 5.02 Å². The first-order valence-electron chi connectivity index (χ1n) is 7.13. The Kier molecular flexibility index (Phi) is 4.90. The zero-order valence-electron chi connectivity index (χ0n) is 13.3. The van der Waals surface area contributed by atoms with Crippen LogP contribution in [0, 0.1) is 0 Å². The molecule has 1 heterocycles. The molecule has 1 N–H and O–H groups in total. The molecule has 0 aliphatic heterocycles. The Morgan fingerprint density at radius 1 is 1.12 bits per heavy atom. The lowest BCUT2D eigenvalue weighted by Crippen LogP contribution is -2.16. The predicted molar refractivity (Wildman–Crippen MR) is 87.3 cm³/mol. The van der Waals surface area contributed by atoms with Crippen molar-refractivity contribution in [2.24, 2.45) is 0 Å². The highest BCUT2D eigenvalue weighted by atomic mass is 35.5. The van der Waals surface area contributed by atoms with E-state index < -0.39 is 22.7 Å². The molecule has 2 rings (SSSR count). The van der Waals surface area contributed by atoms with Crippen LogP contribution in [0.5, 0.6) is 0 Å². The van der Waals surface area contributed by atoms with Crippen LogP contribution in [0.4, 0.5) is 18.9 Å². The maximum atomic E-state index is 12.8. The van der Waals surface area contributed by atoms with Gasteiger partial charge in [0.2, 0.25) is 0 Å². The summed E-state index contributed by atoms with van der Waals surface area (Å²) in [5.74, 6) is -0.543. The molecule has 128 valence electrons. The number of amides is 1. The van der Waals surface area contributed by atoms with Gasteiger partial charge >= 0.3 is 6.18 Å². The molecule has 3 nitrogen and oxygen atoms in total. The summed E-state index contributed by atoms with van der Waals surface area (Å²) in [6, 6.07) is 6.52. The minimum absolute atomic E-state index is 0.0108. The van der Waals surface area contributed by atoms with Crippen molar-refractivity contribution in [2.45, 2.75) is 32.4 Å². The second-order valence-corrected chi connectivity index (χ2v) is 6.74. The number of halogens is 4. The van der Waals surface area contributed by atoms with E-state index in [1.807, 2.05) is 20.8 Å². The monoisotopic (exact) mass is 356 g/mol. The number of pyridine rings is 1. The summed E-state index contributed by atoms with van der Waals surface area (Å²) in [4.78, 5) is 16.4. The molecule has 0 atom stereocenters. The molecule has 0 spiro atoms. The number of alkyl halides is 3. The summed E-state index contributed by atoms with van der Waals surface area (Å²) < 4.78 is 38.5. The number of benzene rings is 1. The Balaban J connectivity index is 2.21. The van der Waals surface area contributed by atoms with Crippen molar-refractivity contribution in [3.05, 3.63) is 58.4 Å². The van der Waals surface area contributed by atoms with Crippen molar-refractivity contribution >= 4 is 23.2 Å². The molecule has 1 amide bonds. The SMILES string of the molecule is CC(C)(C)c1ccc(C(=O)Nc2ccc(Cl)c(C(F)(F)F)c2)cn1. The highest BCUT2D eigenvalue weighted by Gasteiger charge is 2.33. The van der Waals surface area contributed by atoms with Crippen LogP contribution in [-0.2, 0) is 11.6 Å². The summed E-state index contributed by atoms with van der Waals surface area (Å²) in [5.41, 5.74) is -0.0801. The van der Waals surface area contributed by atoms with Gasteiger partial charge in [0, 0.05) is 23.0 Å². The third-order valence-corrected chi connectivity index (χ3v) is 3.65. The first-order valence-corrected chi connectivity index (χ1v) is 7.51. The molecule has 0 saturated carbocycles. The van der Waals surface area contributed by atoms with E-state index in [1.165, 1.54) is 12.3 Å². The van der Waals surface area contributed by atoms with E-state index in [0.29, 0.717) is 0 Å². The molecular weight excluding hydrogens is 341 g/mol. The van der Waals surface area contributed by atoms with Crippen molar-refractivity contribution in [2.75, 3.05) is 5.32 Å². The molecule has 0 radical (unpaired) electrons. The average Bonchev–Trinajstić information content (AvgIpc) is 2.47. The molecule has 0 aliphatic rings. The van der Waals surface area contributed by atoms with Gasteiger partial charge in [-0.05, 0) is 30.3 Å². The molecule has 0 fully saturated rings. The Morgan fingerprint density at radius 3 is 2.29 bits per heavy atom. The third kappa shape index (κ3) is 4.26. The van der Waals surface area contributed by atoms with Gasteiger partial charge in [-0.2, -0.15) is 13.2 Å². The van der Waals surface area contributed by atoms with Crippen molar-refractivity contribution in [1.82, 2.24) is 4.98 Å². The quantitative estimate of drug-likeness (QED) is 0.793. The van der Waals surface area contributed by atoms with Crippen LogP contribution in [-0.4, -0.2) is 10.9 Å². The van der Waals surface area contributed by atoms with Crippen LogP contribution in [0.15, 0.2) is 36.5 Å². The van der Waals surface area contributed by atoms with Crippen molar-refractivity contribution in [3.8, 4) is 0 Å². The van der Waals surface area contributed by atoms with Gasteiger partial charge in [0.05, 0.1) is 16.1 Å². The van der Waals surface area contributed by atoms with Crippen molar-refractivity contribution < 1.29 is 18.0 Å².